The highest BCUT2D eigenvalue weighted by molar-refractivity contribution is 5.85. The molecule has 0 aromatic heterocycles. The minimum Gasteiger partial charge on any atom is -0.409 e. The van der Waals surface area contributed by atoms with E-state index in [0.717, 1.165) is 32.0 Å². The van der Waals surface area contributed by atoms with Gasteiger partial charge in [0.2, 0.25) is 0 Å². The van der Waals surface area contributed by atoms with E-state index < -0.39 is 0 Å². The molecule has 1 aliphatic heterocycles. The van der Waals surface area contributed by atoms with Crippen LogP contribution >= 0.6 is 0 Å². The Labute approximate surface area is 110 Å². The summed E-state index contributed by atoms with van der Waals surface area (Å²) in [5.74, 6) is 1.08. The normalized spacial score (nSPS) is 22.6. The Balaban J connectivity index is 2.16. The van der Waals surface area contributed by atoms with Gasteiger partial charge in [-0.3, -0.25) is 0 Å². The van der Waals surface area contributed by atoms with Gasteiger partial charge in [-0.2, -0.15) is 0 Å². The number of likely N-dealkylation sites (tertiary alicyclic amines) is 1. The van der Waals surface area contributed by atoms with E-state index in [1.165, 1.54) is 19.5 Å². The Bertz CT molecular complexity index is 278. The Morgan fingerprint density at radius 1 is 1.56 bits per heavy atom. The topological polar surface area (TPSA) is 73.9 Å². The van der Waals surface area contributed by atoms with E-state index in [9.17, 15) is 0 Å². The molecular weight excluding hydrogens is 228 g/mol. The first kappa shape index (κ1) is 15.2. The number of rotatable bonds is 7. The average Bonchev–Trinajstić information content (AvgIpc) is 2.81. The zero-order valence-corrected chi connectivity index (χ0v) is 11.9. The second-order valence-corrected chi connectivity index (χ2v) is 5.87. The molecule has 5 heteroatoms. The van der Waals surface area contributed by atoms with E-state index in [0.29, 0.717) is 5.84 Å². The molecule has 1 aliphatic rings. The van der Waals surface area contributed by atoms with Gasteiger partial charge in [0, 0.05) is 12.0 Å². The second kappa shape index (κ2) is 6.95. The Hall–Kier alpha value is -0.810. The van der Waals surface area contributed by atoms with Crippen LogP contribution in [0.25, 0.3) is 0 Å². The predicted molar refractivity (Wildman–Crippen MR) is 74.9 cm³/mol. The van der Waals surface area contributed by atoms with Crippen molar-refractivity contribution in [3.05, 3.63) is 0 Å². The lowest BCUT2D eigenvalue weighted by atomic mass is 9.88. The number of nitrogens with zero attached hydrogens (tertiary/aromatic N) is 2. The molecule has 1 saturated heterocycles. The van der Waals surface area contributed by atoms with E-state index in [4.69, 9.17) is 10.9 Å². The molecule has 106 valence electrons. The summed E-state index contributed by atoms with van der Waals surface area (Å²) in [7, 11) is 0. The molecule has 0 aromatic rings. The highest BCUT2D eigenvalue weighted by Crippen LogP contribution is 2.20. The number of hydrogen-bond acceptors (Lipinski definition) is 4. The number of oxime groups is 1. The molecule has 4 N–H and O–H groups in total. The molecule has 0 spiro atoms. The van der Waals surface area contributed by atoms with Crippen LogP contribution in [0.5, 0.6) is 0 Å². The van der Waals surface area contributed by atoms with Gasteiger partial charge in [-0.25, -0.2) is 0 Å². The van der Waals surface area contributed by atoms with Crippen LogP contribution in [0.3, 0.4) is 0 Å². The predicted octanol–water partition coefficient (Wildman–Crippen LogP) is 1.08. The molecule has 1 rings (SSSR count). The molecule has 1 unspecified atom stereocenters. The van der Waals surface area contributed by atoms with Crippen LogP contribution < -0.4 is 11.1 Å². The quantitative estimate of drug-likeness (QED) is 0.209. The first-order chi connectivity index (χ1) is 8.49. The van der Waals surface area contributed by atoms with Gasteiger partial charge >= 0.3 is 0 Å². The van der Waals surface area contributed by atoms with Gasteiger partial charge in [0.25, 0.3) is 0 Å². The summed E-state index contributed by atoms with van der Waals surface area (Å²) in [6.45, 7) is 11.8. The van der Waals surface area contributed by atoms with Crippen LogP contribution in [0, 0.1) is 11.3 Å². The third-order valence-corrected chi connectivity index (χ3v) is 3.98. The number of nitrogens with one attached hydrogen (secondary N) is 1. The number of hydrogen-bond donors (Lipinski definition) is 3. The van der Waals surface area contributed by atoms with Crippen molar-refractivity contribution in [2.45, 2.75) is 33.6 Å². The molecule has 0 bridgehead atoms. The largest absolute Gasteiger partial charge is 0.409 e. The van der Waals surface area contributed by atoms with Gasteiger partial charge < -0.3 is 21.2 Å². The first-order valence-corrected chi connectivity index (χ1v) is 6.90. The van der Waals surface area contributed by atoms with Gasteiger partial charge in [-0.15, -0.1) is 0 Å². The van der Waals surface area contributed by atoms with Gasteiger partial charge in [-0.1, -0.05) is 25.9 Å². The van der Waals surface area contributed by atoms with Gasteiger partial charge in [0.15, 0.2) is 0 Å². The lowest BCUT2D eigenvalue weighted by Crippen LogP contribution is -2.36. The molecule has 0 aromatic carbocycles. The Morgan fingerprint density at radius 3 is 2.83 bits per heavy atom. The zero-order valence-electron chi connectivity index (χ0n) is 11.9. The van der Waals surface area contributed by atoms with Crippen LogP contribution in [-0.4, -0.2) is 48.7 Å². The third kappa shape index (κ3) is 4.46. The van der Waals surface area contributed by atoms with E-state index in [1.54, 1.807) is 0 Å². The van der Waals surface area contributed by atoms with E-state index in [1.807, 2.05) is 13.8 Å². The van der Waals surface area contributed by atoms with Crippen molar-refractivity contribution in [2.24, 2.45) is 22.2 Å². The Morgan fingerprint density at radius 2 is 2.28 bits per heavy atom. The Kier molecular flexibility index (Phi) is 5.88. The summed E-state index contributed by atoms with van der Waals surface area (Å²) in [6.07, 6.45) is 2.18. The fourth-order valence-corrected chi connectivity index (χ4v) is 2.34. The van der Waals surface area contributed by atoms with Crippen molar-refractivity contribution in [3.8, 4) is 0 Å². The fourth-order valence-electron chi connectivity index (χ4n) is 2.34. The van der Waals surface area contributed by atoms with Crippen LogP contribution in [0.1, 0.15) is 33.6 Å². The summed E-state index contributed by atoms with van der Waals surface area (Å²) in [6, 6.07) is 0. The summed E-state index contributed by atoms with van der Waals surface area (Å²) >= 11 is 0. The molecular formula is C13H28N4O. The van der Waals surface area contributed by atoms with Crippen LogP contribution in [0.15, 0.2) is 5.16 Å². The molecule has 0 radical (unpaired) electrons. The number of nitrogens with two attached hydrogens (primary N) is 1. The van der Waals surface area contributed by atoms with E-state index in [2.05, 4.69) is 22.3 Å². The molecule has 0 amide bonds. The highest BCUT2D eigenvalue weighted by Gasteiger charge is 2.24. The SMILES string of the molecule is CCN1CCC(CNCCC(C)(C)C(N)=NO)C1. The van der Waals surface area contributed by atoms with Gasteiger partial charge in [-0.05, 0) is 44.9 Å². The van der Waals surface area contributed by atoms with Crippen LogP contribution in [-0.2, 0) is 0 Å². The lowest BCUT2D eigenvalue weighted by Gasteiger charge is -2.23. The summed E-state index contributed by atoms with van der Waals surface area (Å²) in [5.41, 5.74) is 5.41. The minimum absolute atomic E-state index is 0.243. The molecule has 18 heavy (non-hydrogen) atoms. The molecule has 0 saturated carbocycles. The summed E-state index contributed by atoms with van der Waals surface area (Å²) in [5, 5.41) is 15.3. The standard InChI is InChI=1S/C13H28N4O/c1-4-17-8-5-11(10-17)9-15-7-6-13(2,3)12(14)16-18/h11,15,18H,4-10H2,1-3H3,(H2,14,16). The van der Waals surface area contributed by atoms with Crippen molar-refractivity contribution >= 4 is 5.84 Å². The number of amidine groups is 1. The zero-order chi connectivity index (χ0) is 13.6. The molecule has 0 aliphatic carbocycles. The van der Waals surface area contributed by atoms with E-state index in [-0.39, 0.29) is 5.41 Å². The third-order valence-electron chi connectivity index (χ3n) is 3.98. The second-order valence-electron chi connectivity index (χ2n) is 5.87. The minimum atomic E-state index is -0.243. The van der Waals surface area contributed by atoms with Crippen molar-refractivity contribution in [1.29, 1.82) is 0 Å². The summed E-state index contributed by atoms with van der Waals surface area (Å²) in [4.78, 5) is 2.49. The van der Waals surface area contributed by atoms with Crippen molar-refractivity contribution in [3.63, 3.8) is 0 Å². The van der Waals surface area contributed by atoms with E-state index >= 15 is 0 Å². The fraction of sp³-hybridized carbons (Fsp3) is 0.923. The molecule has 5 nitrogen and oxygen atoms in total. The molecule has 1 fully saturated rings. The molecule has 1 atom stereocenters. The maximum atomic E-state index is 8.69. The van der Waals surface area contributed by atoms with Crippen LogP contribution in [0.2, 0.25) is 0 Å². The molecule has 1 heterocycles. The monoisotopic (exact) mass is 256 g/mol. The smallest absolute Gasteiger partial charge is 0.144 e. The van der Waals surface area contributed by atoms with Gasteiger partial charge in [0.05, 0.1) is 0 Å². The maximum Gasteiger partial charge on any atom is 0.144 e. The lowest BCUT2D eigenvalue weighted by molar-refractivity contribution is 0.304. The maximum absolute atomic E-state index is 8.69. The van der Waals surface area contributed by atoms with Gasteiger partial charge in [0.1, 0.15) is 5.84 Å². The summed E-state index contributed by atoms with van der Waals surface area (Å²) < 4.78 is 0. The van der Waals surface area contributed by atoms with Crippen molar-refractivity contribution < 1.29 is 5.21 Å². The van der Waals surface area contributed by atoms with Crippen molar-refractivity contribution in [2.75, 3.05) is 32.7 Å². The van der Waals surface area contributed by atoms with Crippen molar-refractivity contribution in [1.82, 2.24) is 10.2 Å². The average molecular weight is 256 g/mol. The highest BCUT2D eigenvalue weighted by atomic mass is 16.4. The van der Waals surface area contributed by atoms with Crippen LogP contribution in [0.4, 0.5) is 0 Å². The first-order valence-electron chi connectivity index (χ1n) is 6.90.